The van der Waals surface area contributed by atoms with Crippen molar-refractivity contribution in [3.05, 3.63) is 11.9 Å². The normalized spacial score (nSPS) is 13.8. The molecule has 1 unspecified atom stereocenters. The van der Waals surface area contributed by atoms with Gasteiger partial charge in [0.25, 0.3) is 0 Å². The SMILES string of the molecule is CCc1nn(C)cc1NC(C)CS(C)(=O)=O. The van der Waals surface area contributed by atoms with Crippen LogP contribution < -0.4 is 5.32 Å². The van der Waals surface area contributed by atoms with Gasteiger partial charge in [-0.2, -0.15) is 5.10 Å². The van der Waals surface area contributed by atoms with E-state index in [1.54, 1.807) is 4.68 Å². The second-order valence-corrected chi connectivity index (χ2v) is 6.34. The molecular weight excluding hydrogens is 226 g/mol. The first-order chi connectivity index (χ1) is 7.31. The molecule has 16 heavy (non-hydrogen) atoms. The minimum atomic E-state index is -2.95. The summed E-state index contributed by atoms with van der Waals surface area (Å²) in [7, 11) is -1.09. The average molecular weight is 245 g/mol. The summed E-state index contributed by atoms with van der Waals surface area (Å²) in [6.07, 6.45) is 3.95. The number of rotatable bonds is 5. The number of hydrogen-bond donors (Lipinski definition) is 1. The summed E-state index contributed by atoms with van der Waals surface area (Å²) in [6, 6.07) is -0.107. The Morgan fingerprint density at radius 3 is 2.69 bits per heavy atom. The predicted molar refractivity (Wildman–Crippen MR) is 65.4 cm³/mol. The molecule has 1 aromatic heterocycles. The first-order valence-corrected chi connectivity index (χ1v) is 7.34. The van der Waals surface area contributed by atoms with Gasteiger partial charge in [-0.15, -0.1) is 0 Å². The van der Waals surface area contributed by atoms with Gasteiger partial charge in [-0.3, -0.25) is 4.68 Å². The molecule has 0 aromatic carbocycles. The Labute approximate surface area is 96.8 Å². The van der Waals surface area contributed by atoms with Gasteiger partial charge >= 0.3 is 0 Å². The summed E-state index contributed by atoms with van der Waals surface area (Å²) in [5.41, 5.74) is 1.88. The Balaban J connectivity index is 2.72. The summed E-state index contributed by atoms with van der Waals surface area (Å²) in [6.45, 7) is 3.88. The minimum absolute atomic E-state index is 0.107. The average Bonchev–Trinajstić information content (AvgIpc) is 2.42. The molecule has 1 heterocycles. The highest BCUT2D eigenvalue weighted by Gasteiger charge is 2.13. The second kappa shape index (κ2) is 4.86. The summed E-state index contributed by atoms with van der Waals surface area (Å²) in [5.74, 6) is 0.130. The van der Waals surface area contributed by atoms with Gasteiger partial charge in [0.2, 0.25) is 0 Å². The van der Waals surface area contributed by atoms with Gasteiger partial charge in [-0.05, 0) is 13.3 Å². The molecule has 6 heteroatoms. The van der Waals surface area contributed by atoms with E-state index in [-0.39, 0.29) is 11.8 Å². The smallest absolute Gasteiger partial charge is 0.149 e. The van der Waals surface area contributed by atoms with Gasteiger partial charge in [-0.25, -0.2) is 8.42 Å². The van der Waals surface area contributed by atoms with E-state index in [1.165, 1.54) is 6.26 Å². The van der Waals surface area contributed by atoms with Crippen molar-refractivity contribution in [3.63, 3.8) is 0 Å². The Morgan fingerprint density at radius 1 is 1.56 bits per heavy atom. The monoisotopic (exact) mass is 245 g/mol. The maximum absolute atomic E-state index is 11.1. The lowest BCUT2D eigenvalue weighted by molar-refractivity contribution is 0.598. The molecule has 1 N–H and O–H groups in total. The molecule has 0 bridgehead atoms. The number of anilines is 1. The molecule has 0 fully saturated rings. The van der Waals surface area contributed by atoms with Crippen molar-refractivity contribution in [2.45, 2.75) is 26.3 Å². The van der Waals surface area contributed by atoms with E-state index in [2.05, 4.69) is 10.4 Å². The van der Waals surface area contributed by atoms with Gasteiger partial charge in [0.05, 0.1) is 17.1 Å². The van der Waals surface area contributed by atoms with E-state index in [9.17, 15) is 8.42 Å². The summed E-state index contributed by atoms with van der Waals surface area (Å²) in [4.78, 5) is 0. The molecule has 0 aliphatic heterocycles. The van der Waals surface area contributed by atoms with E-state index < -0.39 is 9.84 Å². The van der Waals surface area contributed by atoms with Gasteiger partial charge in [0.15, 0.2) is 0 Å². The van der Waals surface area contributed by atoms with Gasteiger partial charge in [-0.1, -0.05) is 6.92 Å². The van der Waals surface area contributed by atoms with Crippen LogP contribution in [0.2, 0.25) is 0 Å². The molecule has 0 aliphatic carbocycles. The summed E-state index contributed by atoms with van der Waals surface area (Å²) in [5, 5.41) is 7.46. The van der Waals surface area contributed by atoms with Crippen molar-refractivity contribution < 1.29 is 8.42 Å². The van der Waals surface area contributed by atoms with Crippen molar-refractivity contribution in [1.82, 2.24) is 9.78 Å². The Bertz CT molecular complexity index is 451. The molecule has 5 nitrogen and oxygen atoms in total. The molecular formula is C10H19N3O2S. The third kappa shape index (κ3) is 3.84. The fourth-order valence-corrected chi connectivity index (χ4v) is 2.67. The Morgan fingerprint density at radius 2 is 2.19 bits per heavy atom. The van der Waals surface area contributed by atoms with Crippen LogP contribution in [0.4, 0.5) is 5.69 Å². The zero-order valence-corrected chi connectivity index (χ0v) is 11.0. The van der Waals surface area contributed by atoms with Crippen molar-refractivity contribution in [3.8, 4) is 0 Å². The zero-order valence-electron chi connectivity index (χ0n) is 10.2. The lowest BCUT2D eigenvalue weighted by atomic mass is 10.3. The lowest BCUT2D eigenvalue weighted by Crippen LogP contribution is -2.25. The highest BCUT2D eigenvalue weighted by molar-refractivity contribution is 7.90. The van der Waals surface area contributed by atoms with Crippen LogP contribution in [0.15, 0.2) is 6.20 Å². The van der Waals surface area contributed by atoms with Crippen LogP contribution in [-0.2, 0) is 23.3 Å². The maximum Gasteiger partial charge on any atom is 0.149 e. The fourth-order valence-electron chi connectivity index (χ4n) is 1.68. The summed E-state index contributed by atoms with van der Waals surface area (Å²) >= 11 is 0. The summed E-state index contributed by atoms with van der Waals surface area (Å²) < 4.78 is 24.0. The van der Waals surface area contributed by atoms with Crippen LogP contribution in [0.25, 0.3) is 0 Å². The van der Waals surface area contributed by atoms with Crippen molar-refractivity contribution in [1.29, 1.82) is 0 Å². The number of aryl methyl sites for hydroxylation is 2. The van der Waals surface area contributed by atoms with E-state index in [0.717, 1.165) is 17.8 Å². The molecule has 0 saturated heterocycles. The van der Waals surface area contributed by atoms with Gasteiger partial charge < -0.3 is 5.32 Å². The molecule has 1 atom stereocenters. The fraction of sp³-hybridized carbons (Fsp3) is 0.700. The largest absolute Gasteiger partial charge is 0.379 e. The number of nitrogens with zero attached hydrogens (tertiary/aromatic N) is 2. The van der Waals surface area contributed by atoms with Crippen LogP contribution in [0.3, 0.4) is 0 Å². The van der Waals surface area contributed by atoms with E-state index >= 15 is 0 Å². The van der Waals surface area contributed by atoms with Crippen molar-refractivity contribution in [2.24, 2.45) is 7.05 Å². The van der Waals surface area contributed by atoms with Crippen molar-refractivity contribution >= 4 is 15.5 Å². The van der Waals surface area contributed by atoms with Crippen molar-refractivity contribution in [2.75, 3.05) is 17.3 Å². The molecule has 1 rings (SSSR count). The third-order valence-corrected chi connectivity index (χ3v) is 3.30. The highest BCUT2D eigenvalue weighted by Crippen LogP contribution is 2.15. The number of sulfone groups is 1. The minimum Gasteiger partial charge on any atom is -0.379 e. The molecule has 0 spiro atoms. The van der Waals surface area contributed by atoms with Gasteiger partial charge in [0.1, 0.15) is 9.84 Å². The number of nitrogens with one attached hydrogen (secondary N) is 1. The topological polar surface area (TPSA) is 64.0 Å². The predicted octanol–water partition coefficient (Wildman–Crippen LogP) is 0.828. The molecule has 0 saturated carbocycles. The first kappa shape index (κ1) is 13.0. The number of aromatic nitrogens is 2. The third-order valence-electron chi connectivity index (χ3n) is 2.19. The molecule has 0 aliphatic rings. The van der Waals surface area contributed by atoms with E-state index in [1.807, 2.05) is 27.1 Å². The quantitative estimate of drug-likeness (QED) is 0.834. The molecule has 1 aromatic rings. The molecule has 0 amide bonds. The Kier molecular flexibility index (Phi) is 3.96. The standard InChI is InChI=1S/C10H19N3O2S/c1-5-9-10(6-13(3)12-9)11-8(2)7-16(4,14)15/h6,8,11H,5,7H2,1-4H3. The van der Waals surface area contributed by atoms with E-state index in [4.69, 9.17) is 0 Å². The first-order valence-electron chi connectivity index (χ1n) is 5.28. The second-order valence-electron chi connectivity index (χ2n) is 4.15. The van der Waals surface area contributed by atoms with Crippen LogP contribution in [0.1, 0.15) is 19.5 Å². The highest BCUT2D eigenvalue weighted by atomic mass is 32.2. The maximum atomic E-state index is 11.1. The van der Waals surface area contributed by atoms with Crippen LogP contribution in [0.5, 0.6) is 0 Å². The van der Waals surface area contributed by atoms with Crippen LogP contribution >= 0.6 is 0 Å². The number of hydrogen-bond acceptors (Lipinski definition) is 4. The Hall–Kier alpha value is -1.04. The zero-order chi connectivity index (χ0) is 12.3. The van der Waals surface area contributed by atoms with Crippen LogP contribution in [0, 0.1) is 0 Å². The molecule has 0 radical (unpaired) electrons. The van der Waals surface area contributed by atoms with Crippen LogP contribution in [-0.4, -0.2) is 36.2 Å². The lowest BCUT2D eigenvalue weighted by Gasteiger charge is -2.13. The molecule has 92 valence electrons. The van der Waals surface area contributed by atoms with Gasteiger partial charge in [0, 0.05) is 25.5 Å². The van der Waals surface area contributed by atoms with E-state index in [0.29, 0.717) is 0 Å².